The molecule has 0 atom stereocenters. The molecule has 0 aromatic heterocycles. The Kier molecular flexibility index (Phi) is 5.09. The summed E-state index contributed by atoms with van der Waals surface area (Å²) in [5.74, 6) is -0.262. The molecule has 0 spiro atoms. The van der Waals surface area contributed by atoms with E-state index in [2.05, 4.69) is 15.9 Å². The molecule has 0 aliphatic rings. The summed E-state index contributed by atoms with van der Waals surface area (Å²) in [6.45, 7) is 0.705. The zero-order valence-electron chi connectivity index (χ0n) is 9.46. The monoisotopic (exact) mass is 287 g/mol. The van der Waals surface area contributed by atoms with Crippen molar-refractivity contribution in [2.24, 2.45) is 0 Å². The van der Waals surface area contributed by atoms with E-state index >= 15 is 0 Å². The minimum atomic E-state index is -0.326. The van der Waals surface area contributed by atoms with Gasteiger partial charge in [0.2, 0.25) is 0 Å². The molecule has 0 heterocycles. The fraction of sp³-hybridized carbons (Fsp3) is 0.417. The number of hydrogen-bond donors (Lipinski definition) is 0. The summed E-state index contributed by atoms with van der Waals surface area (Å²) in [7, 11) is 3.82. The Labute approximate surface area is 104 Å². The maximum absolute atomic E-state index is 13.4. The molecule has 16 heavy (non-hydrogen) atoms. The number of benzene rings is 1. The first-order chi connectivity index (χ1) is 7.49. The number of rotatable bonds is 5. The molecule has 0 saturated carbocycles. The van der Waals surface area contributed by atoms with E-state index in [0.717, 1.165) is 0 Å². The highest BCUT2D eigenvalue weighted by molar-refractivity contribution is 9.10. The lowest BCUT2D eigenvalue weighted by atomic mass is 10.1. The minimum Gasteiger partial charge on any atom is -0.309 e. The van der Waals surface area contributed by atoms with E-state index in [4.69, 9.17) is 0 Å². The van der Waals surface area contributed by atoms with E-state index in [1.54, 1.807) is 12.1 Å². The lowest BCUT2D eigenvalue weighted by Gasteiger charge is -2.08. The summed E-state index contributed by atoms with van der Waals surface area (Å²) in [4.78, 5) is 13.5. The van der Waals surface area contributed by atoms with Crippen LogP contribution in [0.1, 0.15) is 12.0 Å². The molecule has 0 aliphatic heterocycles. The van der Waals surface area contributed by atoms with Gasteiger partial charge in [0.1, 0.15) is 11.6 Å². The van der Waals surface area contributed by atoms with Crippen molar-refractivity contribution in [3.8, 4) is 0 Å². The average molecular weight is 288 g/mol. The highest BCUT2D eigenvalue weighted by atomic mass is 79.9. The smallest absolute Gasteiger partial charge is 0.138 e. The first-order valence-corrected chi connectivity index (χ1v) is 5.88. The SMILES string of the molecule is CN(C)CCC(=O)Cc1ccc(Br)cc1F. The number of nitrogens with zero attached hydrogens (tertiary/aromatic N) is 1. The number of halogens is 2. The average Bonchev–Trinajstić information content (AvgIpc) is 2.19. The van der Waals surface area contributed by atoms with E-state index in [-0.39, 0.29) is 18.0 Å². The quantitative estimate of drug-likeness (QED) is 0.830. The molecule has 88 valence electrons. The fourth-order valence-corrected chi connectivity index (χ4v) is 1.65. The van der Waals surface area contributed by atoms with Gasteiger partial charge in [-0.1, -0.05) is 22.0 Å². The maximum Gasteiger partial charge on any atom is 0.138 e. The van der Waals surface area contributed by atoms with Crippen molar-refractivity contribution in [2.45, 2.75) is 12.8 Å². The van der Waals surface area contributed by atoms with E-state index in [9.17, 15) is 9.18 Å². The van der Waals surface area contributed by atoms with Crippen LogP contribution in [0.25, 0.3) is 0 Å². The van der Waals surface area contributed by atoms with Gasteiger partial charge in [-0.25, -0.2) is 4.39 Å². The van der Waals surface area contributed by atoms with E-state index in [0.29, 0.717) is 23.0 Å². The largest absolute Gasteiger partial charge is 0.309 e. The molecule has 0 bridgehead atoms. The summed E-state index contributed by atoms with van der Waals surface area (Å²) in [5, 5.41) is 0. The van der Waals surface area contributed by atoms with Gasteiger partial charge in [-0.3, -0.25) is 4.79 Å². The fourth-order valence-electron chi connectivity index (χ4n) is 1.31. The van der Waals surface area contributed by atoms with Crippen LogP contribution in [0.15, 0.2) is 22.7 Å². The Morgan fingerprint density at radius 3 is 2.69 bits per heavy atom. The van der Waals surface area contributed by atoms with Crippen LogP contribution in [0.5, 0.6) is 0 Å². The predicted molar refractivity (Wildman–Crippen MR) is 66.0 cm³/mol. The van der Waals surface area contributed by atoms with Gasteiger partial charge in [0.05, 0.1) is 0 Å². The molecule has 4 heteroatoms. The zero-order valence-corrected chi connectivity index (χ0v) is 11.1. The van der Waals surface area contributed by atoms with Gasteiger partial charge < -0.3 is 4.90 Å². The summed E-state index contributed by atoms with van der Waals surface area (Å²) < 4.78 is 14.1. The molecular formula is C12H15BrFNO. The third-order valence-corrected chi connectivity index (χ3v) is 2.73. The van der Waals surface area contributed by atoms with Gasteiger partial charge in [-0.05, 0) is 31.8 Å². The normalized spacial score (nSPS) is 10.8. The number of carbonyl (C=O) groups is 1. The Balaban J connectivity index is 2.56. The van der Waals surface area contributed by atoms with Crippen LogP contribution in [0.4, 0.5) is 4.39 Å². The topological polar surface area (TPSA) is 20.3 Å². The van der Waals surface area contributed by atoms with Crippen LogP contribution < -0.4 is 0 Å². The van der Waals surface area contributed by atoms with Crippen LogP contribution >= 0.6 is 15.9 Å². The molecule has 0 saturated heterocycles. The number of Topliss-reactive ketones (excluding diaryl/α,β-unsaturated/α-hetero) is 1. The highest BCUT2D eigenvalue weighted by Crippen LogP contribution is 2.16. The lowest BCUT2D eigenvalue weighted by Crippen LogP contribution is -2.17. The van der Waals surface area contributed by atoms with Crippen LogP contribution in [-0.4, -0.2) is 31.3 Å². The van der Waals surface area contributed by atoms with Crippen LogP contribution in [0, 0.1) is 5.82 Å². The Hall–Kier alpha value is -0.740. The van der Waals surface area contributed by atoms with Gasteiger partial charge in [-0.15, -0.1) is 0 Å². The van der Waals surface area contributed by atoms with Crippen molar-refractivity contribution in [3.63, 3.8) is 0 Å². The van der Waals surface area contributed by atoms with Crippen LogP contribution in [0.3, 0.4) is 0 Å². The molecule has 0 N–H and O–H groups in total. The number of hydrogen-bond acceptors (Lipinski definition) is 2. The van der Waals surface area contributed by atoms with Crippen molar-refractivity contribution in [2.75, 3.05) is 20.6 Å². The van der Waals surface area contributed by atoms with Crippen molar-refractivity contribution in [1.82, 2.24) is 4.90 Å². The summed E-state index contributed by atoms with van der Waals surface area (Å²) >= 11 is 3.18. The Morgan fingerprint density at radius 2 is 2.12 bits per heavy atom. The molecule has 0 fully saturated rings. The molecule has 1 aromatic rings. The van der Waals surface area contributed by atoms with Crippen molar-refractivity contribution < 1.29 is 9.18 Å². The number of carbonyl (C=O) groups excluding carboxylic acids is 1. The molecule has 1 aromatic carbocycles. The molecular weight excluding hydrogens is 273 g/mol. The molecule has 1 rings (SSSR count). The molecule has 0 radical (unpaired) electrons. The van der Waals surface area contributed by atoms with Crippen LogP contribution in [0.2, 0.25) is 0 Å². The minimum absolute atomic E-state index is 0.0647. The molecule has 0 unspecified atom stereocenters. The second-order valence-electron chi connectivity index (χ2n) is 4.00. The summed E-state index contributed by atoms with van der Waals surface area (Å²) in [5.41, 5.74) is 0.465. The van der Waals surface area contributed by atoms with Crippen LogP contribution in [-0.2, 0) is 11.2 Å². The van der Waals surface area contributed by atoms with E-state index in [1.807, 2.05) is 19.0 Å². The standard InChI is InChI=1S/C12H15BrFNO/c1-15(2)6-5-11(16)7-9-3-4-10(13)8-12(9)14/h3-4,8H,5-7H2,1-2H3. The first-order valence-electron chi connectivity index (χ1n) is 5.09. The number of ketones is 1. The third kappa shape index (κ3) is 4.41. The summed E-state index contributed by atoms with van der Waals surface area (Å²) in [6.07, 6.45) is 0.634. The van der Waals surface area contributed by atoms with Gasteiger partial charge in [-0.2, -0.15) is 0 Å². The zero-order chi connectivity index (χ0) is 12.1. The lowest BCUT2D eigenvalue weighted by molar-refractivity contribution is -0.118. The van der Waals surface area contributed by atoms with Gasteiger partial charge in [0.25, 0.3) is 0 Å². The highest BCUT2D eigenvalue weighted by Gasteiger charge is 2.08. The predicted octanol–water partition coefficient (Wildman–Crippen LogP) is 2.65. The van der Waals surface area contributed by atoms with Crippen molar-refractivity contribution in [3.05, 3.63) is 34.1 Å². The molecule has 0 aliphatic carbocycles. The van der Waals surface area contributed by atoms with E-state index in [1.165, 1.54) is 6.07 Å². The summed E-state index contributed by atoms with van der Waals surface area (Å²) in [6, 6.07) is 4.78. The van der Waals surface area contributed by atoms with Gasteiger partial charge in [0.15, 0.2) is 0 Å². The second-order valence-corrected chi connectivity index (χ2v) is 4.92. The van der Waals surface area contributed by atoms with Crippen molar-refractivity contribution >= 4 is 21.7 Å². The Bertz CT molecular complexity index is 379. The molecule has 2 nitrogen and oxygen atoms in total. The third-order valence-electron chi connectivity index (χ3n) is 2.24. The molecule has 0 amide bonds. The van der Waals surface area contributed by atoms with Gasteiger partial charge in [0, 0.05) is 23.9 Å². The first kappa shape index (κ1) is 13.3. The van der Waals surface area contributed by atoms with Crippen molar-refractivity contribution in [1.29, 1.82) is 0 Å². The van der Waals surface area contributed by atoms with E-state index < -0.39 is 0 Å². The maximum atomic E-state index is 13.4. The second kappa shape index (κ2) is 6.11. The Morgan fingerprint density at radius 1 is 1.44 bits per heavy atom. The van der Waals surface area contributed by atoms with Gasteiger partial charge >= 0.3 is 0 Å².